The summed E-state index contributed by atoms with van der Waals surface area (Å²) in [7, 11) is 3.78. The summed E-state index contributed by atoms with van der Waals surface area (Å²) in [5.74, 6) is 2.81. The minimum Gasteiger partial charge on any atom is -0.494 e. The van der Waals surface area contributed by atoms with Crippen LogP contribution in [0.3, 0.4) is 0 Å². The summed E-state index contributed by atoms with van der Waals surface area (Å²) in [6.07, 6.45) is 3.59. The number of thiazole rings is 1. The van der Waals surface area contributed by atoms with Crippen molar-refractivity contribution < 1.29 is 4.74 Å². The molecule has 0 aliphatic carbocycles. The minimum atomic E-state index is 0.443. The van der Waals surface area contributed by atoms with Crippen LogP contribution in [0.4, 0.5) is 11.9 Å². The molecule has 174 valence electrons. The third-order valence-electron chi connectivity index (χ3n) is 5.96. The highest BCUT2D eigenvalue weighted by atomic mass is 32.1. The highest BCUT2D eigenvalue weighted by molar-refractivity contribution is 7.13. The van der Waals surface area contributed by atoms with Gasteiger partial charge in [0.15, 0.2) is 5.65 Å². The maximum atomic E-state index is 5.44. The summed E-state index contributed by atoms with van der Waals surface area (Å²) in [6.45, 7) is 4.12. The Hall–Kier alpha value is -3.77. The molecule has 6 rings (SSSR count). The fourth-order valence-electron chi connectivity index (χ4n) is 4.10. The lowest BCUT2D eigenvalue weighted by Crippen LogP contribution is -2.45. The van der Waals surface area contributed by atoms with Crippen molar-refractivity contribution in [2.24, 2.45) is 0 Å². The average Bonchev–Trinajstić information content (AvgIpc) is 3.61. The van der Waals surface area contributed by atoms with Crippen molar-refractivity contribution in [1.29, 1.82) is 0 Å². The number of ether oxygens (including phenoxy) is 1. The third-order valence-corrected chi connectivity index (χ3v) is 6.77. The molecule has 11 nitrogen and oxygen atoms in total. The van der Waals surface area contributed by atoms with Crippen LogP contribution < -0.4 is 15.0 Å². The van der Waals surface area contributed by atoms with Crippen molar-refractivity contribution in [2.75, 3.05) is 50.6 Å². The summed E-state index contributed by atoms with van der Waals surface area (Å²) in [4.78, 5) is 26.8. The second kappa shape index (κ2) is 8.54. The molecule has 0 radical (unpaired) electrons. The van der Waals surface area contributed by atoms with Gasteiger partial charge in [-0.2, -0.15) is 19.6 Å². The number of rotatable bonds is 6. The molecule has 1 fully saturated rings. The van der Waals surface area contributed by atoms with E-state index in [1.807, 2.05) is 23.6 Å². The largest absolute Gasteiger partial charge is 0.494 e. The van der Waals surface area contributed by atoms with Crippen LogP contribution in [0.5, 0.6) is 5.75 Å². The first-order chi connectivity index (χ1) is 16.7. The number of aromatic nitrogens is 7. The van der Waals surface area contributed by atoms with Gasteiger partial charge in [-0.3, -0.25) is 0 Å². The summed E-state index contributed by atoms with van der Waals surface area (Å²) in [5.41, 5.74) is 3.35. The number of hydrogen-bond donors (Lipinski definition) is 2. The first kappa shape index (κ1) is 20.8. The van der Waals surface area contributed by atoms with Crippen molar-refractivity contribution in [3.05, 3.63) is 41.8 Å². The zero-order valence-corrected chi connectivity index (χ0v) is 19.7. The van der Waals surface area contributed by atoms with Gasteiger partial charge in [0.25, 0.3) is 0 Å². The molecule has 0 amide bonds. The van der Waals surface area contributed by atoms with Crippen LogP contribution in [0.25, 0.3) is 27.3 Å². The smallest absolute Gasteiger partial charge is 0.230 e. The molecule has 0 spiro atoms. The summed E-state index contributed by atoms with van der Waals surface area (Å²) in [6, 6.07) is 5.83. The second-order valence-electron chi connectivity index (χ2n) is 8.16. The van der Waals surface area contributed by atoms with E-state index in [9.17, 15) is 0 Å². The number of nitrogens with one attached hydrogen (secondary N) is 2. The predicted octanol–water partition coefficient (Wildman–Crippen LogP) is 2.50. The van der Waals surface area contributed by atoms with E-state index in [0.29, 0.717) is 18.4 Å². The van der Waals surface area contributed by atoms with Gasteiger partial charge in [0.2, 0.25) is 11.9 Å². The average molecular weight is 477 g/mol. The Kier molecular flexibility index (Phi) is 5.23. The Morgan fingerprint density at radius 1 is 1.15 bits per heavy atom. The van der Waals surface area contributed by atoms with Gasteiger partial charge in [0.1, 0.15) is 22.1 Å². The second-order valence-corrected chi connectivity index (χ2v) is 9.06. The Morgan fingerprint density at radius 3 is 2.82 bits per heavy atom. The molecular formula is C22H24N10OS. The number of anilines is 2. The van der Waals surface area contributed by atoms with Gasteiger partial charge < -0.3 is 24.8 Å². The highest BCUT2D eigenvalue weighted by Gasteiger charge is 2.21. The molecule has 1 aliphatic rings. The van der Waals surface area contributed by atoms with Gasteiger partial charge in [0, 0.05) is 37.8 Å². The summed E-state index contributed by atoms with van der Waals surface area (Å²) in [5, 5.41) is 10.8. The van der Waals surface area contributed by atoms with Crippen LogP contribution in [0.2, 0.25) is 0 Å². The Balaban J connectivity index is 1.37. The molecule has 4 aromatic heterocycles. The SMILES string of the molecule is COc1cccc2[nH]c(CNc3nc(N4CCN(C)CC4)nc4c(-c5nccs5)cnn34)nc12. The molecule has 34 heavy (non-hydrogen) atoms. The van der Waals surface area contributed by atoms with Gasteiger partial charge in [-0.15, -0.1) is 11.3 Å². The Morgan fingerprint density at radius 2 is 2.03 bits per heavy atom. The zero-order chi connectivity index (χ0) is 23.1. The molecule has 1 saturated heterocycles. The van der Waals surface area contributed by atoms with E-state index in [4.69, 9.17) is 19.7 Å². The van der Waals surface area contributed by atoms with Gasteiger partial charge in [-0.05, 0) is 19.2 Å². The lowest BCUT2D eigenvalue weighted by Gasteiger charge is -2.32. The van der Waals surface area contributed by atoms with Gasteiger partial charge in [-0.1, -0.05) is 6.07 Å². The number of likely N-dealkylation sites (N-methyl/N-ethyl adjacent to an activating group) is 1. The van der Waals surface area contributed by atoms with Crippen molar-refractivity contribution >= 4 is 39.9 Å². The number of nitrogens with zero attached hydrogens (tertiary/aromatic N) is 8. The van der Waals surface area contributed by atoms with Gasteiger partial charge in [0.05, 0.1) is 30.9 Å². The van der Waals surface area contributed by atoms with E-state index in [-0.39, 0.29) is 0 Å². The maximum Gasteiger partial charge on any atom is 0.230 e. The fourth-order valence-corrected chi connectivity index (χ4v) is 4.75. The van der Waals surface area contributed by atoms with Crippen LogP contribution in [0.15, 0.2) is 36.0 Å². The Labute approximate surface area is 199 Å². The number of piperazine rings is 1. The van der Waals surface area contributed by atoms with Crippen LogP contribution in [0.1, 0.15) is 5.82 Å². The molecule has 0 atom stereocenters. The molecule has 1 aromatic carbocycles. The molecule has 12 heteroatoms. The molecule has 0 saturated carbocycles. The van der Waals surface area contributed by atoms with Crippen molar-refractivity contribution in [2.45, 2.75) is 6.54 Å². The van der Waals surface area contributed by atoms with Crippen molar-refractivity contribution in [3.63, 3.8) is 0 Å². The number of H-pyrrole nitrogens is 1. The highest BCUT2D eigenvalue weighted by Crippen LogP contribution is 2.28. The topological polar surface area (TPSA) is 112 Å². The van der Waals surface area contributed by atoms with Crippen LogP contribution >= 0.6 is 11.3 Å². The maximum absolute atomic E-state index is 5.44. The van der Waals surface area contributed by atoms with E-state index < -0.39 is 0 Å². The van der Waals surface area contributed by atoms with E-state index in [1.165, 1.54) is 0 Å². The summed E-state index contributed by atoms with van der Waals surface area (Å²) >= 11 is 1.57. The molecule has 0 bridgehead atoms. The summed E-state index contributed by atoms with van der Waals surface area (Å²) < 4.78 is 7.17. The molecule has 0 unspecified atom stereocenters. The van der Waals surface area contributed by atoms with E-state index in [1.54, 1.807) is 35.4 Å². The molecule has 5 heterocycles. The first-order valence-electron chi connectivity index (χ1n) is 11.0. The number of hydrogen-bond acceptors (Lipinski definition) is 10. The Bertz CT molecular complexity index is 1440. The monoisotopic (exact) mass is 476 g/mol. The molecule has 5 aromatic rings. The number of para-hydroxylation sites is 1. The number of aromatic amines is 1. The minimum absolute atomic E-state index is 0.443. The van der Waals surface area contributed by atoms with Crippen LogP contribution in [-0.4, -0.2) is 79.8 Å². The number of imidazole rings is 1. The van der Waals surface area contributed by atoms with E-state index in [2.05, 4.69) is 37.2 Å². The van der Waals surface area contributed by atoms with Gasteiger partial charge in [-0.25, -0.2) is 9.97 Å². The molecule has 1 aliphatic heterocycles. The lowest BCUT2D eigenvalue weighted by molar-refractivity contribution is 0.311. The van der Waals surface area contributed by atoms with E-state index in [0.717, 1.165) is 65.0 Å². The number of fused-ring (bicyclic) bond motifs is 2. The molecule has 2 N–H and O–H groups in total. The van der Waals surface area contributed by atoms with Crippen molar-refractivity contribution in [3.8, 4) is 16.3 Å². The lowest BCUT2D eigenvalue weighted by atomic mass is 10.3. The third kappa shape index (κ3) is 3.70. The standard InChI is InChI=1S/C22H24N10OS/c1-30-7-9-31(10-8-30)22-28-19-14(20-23-6-11-34-20)12-25-32(19)21(29-22)24-13-17-26-15-4-3-5-16(33-2)18(15)27-17/h3-6,11-12H,7-10,13H2,1-2H3,(H,26,27)(H,24,28,29). The fraction of sp³-hybridized carbons (Fsp3) is 0.318. The van der Waals surface area contributed by atoms with Crippen LogP contribution in [0, 0.1) is 0 Å². The number of methoxy groups -OCH3 is 1. The van der Waals surface area contributed by atoms with Gasteiger partial charge >= 0.3 is 0 Å². The number of benzene rings is 1. The first-order valence-corrected chi connectivity index (χ1v) is 11.9. The van der Waals surface area contributed by atoms with Crippen molar-refractivity contribution in [1.82, 2.24) is 39.4 Å². The van der Waals surface area contributed by atoms with Crippen LogP contribution in [-0.2, 0) is 6.54 Å². The zero-order valence-electron chi connectivity index (χ0n) is 18.9. The normalized spacial score (nSPS) is 14.8. The molecular weight excluding hydrogens is 452 g/mol. The van der Waals surface area contributed by atoms with E-state index >= 15 is 0 Å². The quantitative estimate of drug-likeness (QED) is 0.382. The predicted molar refractivity (Wildman–Crippen MR) is 132 cm³/mol.